The molecule has 0 aliphatic rings. The molecule has 4 unspecified atom stereocenters. The molecule has 8 N–H and O–H groups in total. The Morgan fingerprint density at radius 1 is 0.897 bits per heavy atom. The van der Waals surface area contributed by atoms with Crippen molar-refractivity contribution >= 4 is 47.2 Å². The summed E-state index contributed by atoms with van der Waals surface area (Å²) >= 11 is 2.99. The Bertz CT molecular complexity index is 1070. The van der Waals surface area contributed by atoms with Gasteiger partial charge >= 0.3 is 5.97 Å². The third-order valence-corrected chi connectivity index (χ3v) is 7.10. The lowest BCUT2D eigenvalue weighted by molar-refractivity contribution is -0.142. The first kappa shape index (κ1) is 32.0. The SMILES string of the molecule is CSCCC(N)C(=O)NC(Cc1ccc(O)cc1)C(=O)NC(Cc1cnc[nH]1)C(=O)NC(CCSC)C(=O)O. The average molecular weight is 581 g/mol. The van der Waals surface area contributed by atoms with E-state index in [1.807, 2.05) is 12.5 Å². The normalized spacial score (nSPS) is 14.0. The zero-order valence-corrected chi connectivity index (χ0v) is 23.5. The first-order valence-corrected chi connectivity index (χ1v) is 15.1. The highest BCUT2D eigenvalue weighted by Crippen LogP contribution is 2.12. The number of aromatic amines is 1. The number of nitrogens with zero attached hydrogens (tertiary/aromatic N) is 1. The van der Waals surface area contributed by atoms with Gasteiger partial charge in [-0.2, -0.15) is 23.5 Å². The van der Waals surface area contributed by atoms with Gasteiger partial charge in [0, 0.05) is 24.7 Å². The van der Waals surface area contributed by atoms with Gasteiger partial charge in [0.25, 0.3) is 0 Å². The number of nitrogens with one attached hydrogen (secondary N) is 4. The second kappa shape index (κ2) is 16.7. The highest BCUT2D eigenvalue weighted by Gasteiger charge is 2.31. The first-order valence-electron chi connectivity index (χ1n) is 12.3. The minimum Gasteiger partial charge on any atom is -0.508 e. The van der Waals surface area contributed by atoms with Crippen LogP contribution in [0.4, 0.5) is 0 Å². The number of benzene rings is 1. The maximum absolute atomic E-state index is 13.5. The predicted molar refractivity (Wildman–Crippen MR) is 152 cm³/mol. The van der Waals surface area contributed by atoms with Gasteiger partial charge < -0.3 is 36.9 Å². The van der Waals surface area contributed by atoms with Gasteiger partial charge in [-0.05, 0) is 54.6 Å². The van der Waals surface area contributed by atoms with Crippen molar-refractivity contribution in [3.8, 4) is 5.75 Å². The fourth-order valence-electron chi connectivity index (χ4n) is 3.59. The molecule has 1 aromatic carbocycles. The van der Waals surface area contributed by atoms with Gasteiger partial charge in [-0.25, -0.2) is 9.78 Å². The Morgan fingerprint density at radius 2 is 1.46 bits per heavy atom. The molecule has 0 saturated heterocycles. The minimum absolute atomic E-state index is 0.0134. The predicted octanol–water partition coefficient (Wildman–Crippen LogP) is 0.273. The summed E-state index contributed by atoms with van der Waals surface area (Å²) in [6.07, 6.45) is 7.35. The number of aromatic hydroxyl groups is 1. The van der Waals surface area contributed by atoms with Crippen molar-refractivity contribution < 1.29 is 29.4 Å². The molecule has 0 spiro atoms. The van der Waals surface area contributed by atoms with E-state index in [2.05, 4.69) is 25.9 Å². The Balaban J connectivity index is 2.26. The molecule has 0 aliphatic carbocycles. The molecule has 2 aromatic rings. The zero-order valence-electron chi connectivity index (χ0n) is 21.9. The lowest BCUT2D eigenvalue weighted by Crippen LogP contribution is -2.58. The minimum atomic E-state index is -1.18. The van der Waals surface area contributed by atoms with Gasteiger partial charge in [0.2, 0.25) is 17.7 Å². The van der Waals surface area contributed by atoms with Crippen LogP contribution in [-0.2, 0) is 32.0 Å². The molecular weight excluding hydrogens is 544 g/mol. The molecular formula is C25H36N6O6S2. The van der Waals surface area contributed by atoms with Crippen molar-refractivity contribution in [2.75, 3.05) is 24.0 Å². The second-order valence-corrected chi connectivity index (χ2v) is 10.8. The number of hydrogen-bond donors (Lipinski definition) is 7. The molecule has 0 fully saturated rings. The van der Waals surface area contributed by atoms with Crippen LogP contribution < -0.4 is 21.7 Å². The van der Waals surface area contributed by atoms with Crippen LogP contribution in [0.2, 0.25) is 0 Å². The van der Waals surface area contributed by atoms with E-state index in [0.717, 1.165) is 0 Å². The van der Waals surface area contributed by atoms with Crippen LogP contribution in [0, 0.1) is 0 Å². The monoisotopic (exact) mass is 580 g/mol. The molecule has 0 aliphatic heterocycles. The summed E-state index contributed by atoms with van der Waals surface area (Å²) in [4.78, 5) is 57.9. The topological polar surface area (TPSA) is 200 Å². The fraction of sp³-hybridized carbons (Fsp3) is 0.480. The van der Waals surface area contributed by atoms with Crippen LogP contribution in [0.25, 0.3) is 0 Å². The fourth-order valence-corrected chi connectivity index (χ4v) is 4.56. The third-order valence-electron chi connectivity index (χ3n) is 5.82. The van der Waals surface area contributed by atoms with Crippen LogP contribution in [-0.4, -0.2) is 92.1 Å². The maximum atomic E-state index is 13.5. The number of carboxylic acids is 1. The van der Waals surface area contributed by atoms with E-state index in [9.17, 15) is 29.4 Å². The number of carbonyl (C=O) groups is 4. The molecule has 14 heteroatoms. The summed E-state index contributed by atoms with van der Waals surface area (Å²) < 4.78 is 0. The van der Waals surface area contributed by atoms with Crippen molar-refractivity contribution in [2.45, 2.75) is 49.9 Å². The van der Waals surface area contributed by atoms with Gasteiger partial charge in [0.15, 0.2) is 0 Å². The summed E-state index contributed by atoms with van der Waals surface area (Å²) in [7, 11) is 0. The number of hydrogen-bond acceptors (Lipinski definition) is 9. The van der Waals surface area contributed by atoms with Crippen LogP contribution in [0.15, 0.2) is 36.8 Å². The second-order valence-electron chi connectivity index (χ2n) is 8.84. The van der Waals surface area contributed by atoms with E-state index in [4.69, 9.17) is 5.73 Å². The van der Waals surface area contributed by atoms with Crippen LogP contribution in [0.5, 0.6) is 5.75 Å². The van der Waals surface area contributed by atoms with Crippen molar-refractivity contribution in [3.63, 3.8) is 0 Å². The first-order chi connectivity index (χ1) is 18.6. The Labute approximate surface area is 235 Å². The number of carboxylic acid groups (broad SMARTS) is 1. The van der Waals surface area contributed by atoms with Crippen molar-refractivity contribution in [3.05, 3.63) is 48.0 Å². The standard InChI is InChI=1S/C25H36N6O6S2/c1-38-9-7-18(26)22(33)30-20(11-15-3-5-17(32)6-4-15)23(34)31-21(12-16-13-27-14-28-16)24(35)29-19(25(36)37)8-10-39-2/h3-6,13-14,18-21,32H,7-12,26H2,1-2H3,(H,27,28)(H,29,35)(H,30,33)(H,31,34)(H,36,37). The van der Waals surface area contributed by atoms with E-state index in [1.54, 1.807) is 23.9 Å². The molecule has 1 heterocycles. The molecule has 0 bridgehead atoms. The smallest absolute Gasteiger partial charge is 0.326 e. The number of phenols is 1. The number of nitrogens with two attached hydrogens (primary N) is 1. The number of aliphatic carboxylic acids is 1. The van der Waals surface area contributed by atoms with E-state index >= 15 is 0 Å². The molecule has 1 aromatic heterocycles. The van der Waals surface area contributed by atoms with Gasteiger partial charge in [0.05, 0.1) is 12.4 Å². The van der Waals surface area contributed by atoms with Gasteiger partial charge in [0.1, 0.15) is 23.9 Å². The Hall–Kier alpha value is -3.23. The molecule has 0 radical (unpaired) electrons. The van der Waals surface area contributed by atoms with Crippen molar-refractivity contribution in [1.29, 1.82) is 0 Å². The molecule has 3 amide bonds. The van der Waals surface area contributed by atoms with Crippen LogP contribution in [0.3, 0.4) is 0 Å². The molecule has 214 valence electrons. The van der Waals surface area contributed by atoms with Gasteiger partial charge in [-0.3, -0.25) is 14.4 Å². The molecule has 39 heavy (non-hydrogen) atoms. The highest BCUT2D eigenvalue weighted by molar-refractivity contribution is 7.98. The van der Waals surface area contributed by atoms with E-state index in [0.29, 0.717) is 29.2 Å². The Kier molecular flexibility index (Phi) is 13.7. The Morgan fingerprint density at radius 3 is 2.03 bits per heavy atom. The number of imidazole rings is 1. The molecule has 12 nitrogen and oxygen atoms in total. The van der Waals surface area contributed by atoms with E-state index < -0.39 is 47.9 Å². The van der Waals surface area contributed by atoms with Crippen LogP contribution in [0.1, 0.15) is 24.1 Å². The number of H-pyrrole nitrogens is 1. The summed E-state index contributed by atoms with van der Waals surface area (Å²) in [5, 5.41) is 27.0. The lowest BCUT2D eigenvalue weighted by atomic mass is 10.0. The van der Waals surface area contributed by atoms with Crippen molar-refractivity contribution in [1.82, 2.24) is 25.9 Å². The van der Waals surface area contributed by atoms with Gasteiger partial charge in [-0.15, -0.1) is 0 Å². The van der Waals surface area contributed by atoms with Crippen molar-refractivity contribution in [2.24, 2.45) is 5.73 Å². The third kappa shape index (κ3) is 11.2. The summed E-state index contributed by atoms with van der Waals surface area (Å²) in [5.41, 5.74) is 7.21. The summed E-state index contributed by atoms with van der Waals surface area (Å²) in [6.45, 7) is 0. The number of rotatable bonds is 17. The molecule has 0 saturated carbocycles. The molecule has 2 rings (SSSR count). The zero-order chi connectivity index (χ0) is 28.8. The maximum Gasteiger partial charge on any atom is 0.326 e. The van der Waals surface area contributed by atoms with E-state index in [-0.39, 0.29) is 25.0 Å². The number of thioether (sulfide) groups is 2. The quantitative estimate of drug-likeness (QED) is 0.136. The highest BCUT2D eigenvalue weighted by atomic mass is 32.2. The van der Waals surface area contributed by atoms with Gasteiger partial charge in [-0.1, -0.05) is 12.1 Å². The van der Waals surface area contributed by atoms with E-state index in [1.165, 1.54) is 36.4 Å². The molecule has 4 atom stereocenters. The summed E-state index contributed by atoms with van der Waals surface area (Å²) in [6, 6.07) is 1.96. The average Bonchev–Trinajstić information content (AvgIpc) is 3.42. The summed E-state index contributed by atoms with van der Waals surface area (Å²) in [5.74, 6) is -1.79. The van der Waals surface area contributed by atoms with Crippen LogP contribution >= 0.6 is 23.5 Å². The number of carbonyl (C=O) groups excluding carboxylic acids is 3. The number of aromatic nitrogens is 2. The largest absolute Gasteiger partial charge is 0.508 e. The number of amides is 3. The lowest BCUT2D eigenvalue weighted by Gasteiger charge is -2.25. The number of phenolic OH excluding ortho intramolecular Hbond substituents is 1.